The fourth-order valence-corrected chi connectivity index (χ4v) is 2.32. The SMILES string of the molecule is CCC(Nc1cc(C)nn2cnnc12)c1ccc(C)cn1. The van der Waals surface area contributed by atoms with Crippen molar-refractivity contribution in [1.29, 1.82) is 0 Å². The molecule has 1 N–H and O–H groups in total. The zero-order valence-corrected chi connectivity index (χ0v) is 12.4. The highest BCUT2D eigenvalue weighted by molar-refractivity contribution is 5.67. The van der Waals surface area contributed by atoms with Crippen molar-refractivity contribution in [2.75, 3.05) is 5.32 Å². The van der Waals surface area contributed by atoms with Gasteiger partial charge in [-0.2, -0.15) is 9.61 Å². The highest BCUT2D eigenvalue weighted by atomic mass is 15.3. The average Bonchev–Trinajstić information content (AvgIpc) is 2.94. The molecule has 0 aromatic carbocycles. The number of nitrogens with zero attached hydrogens (tertiary/aromatic N) is 5. The summed E-state index contributed by atoms with van der Waals surface area (Å²) in [7, 11) is 0. The molecular formula is C15H18N6. The van der Waals surface area contributed by atoms with Crippen molar-refractivity contribution in [2.45, 2.75) is 33.2 Å². The molecule has 0 fully saturated rings. The summed E-state index contributed by atoms with van der Waals surface area (Å²) >= 11 is 0. The number of aromatic nitrogens is 5. The molecule has 3 aromatic rings. The Kier molecular flexibility index (Phi) is 3.51. The summed E-state index contributed by atoms with van der Waals surface area (Å²) < 4.78 is 1.69. The Balaban J connectivity index is 1.95. The number of pyridine rings is 1. The van der Waals surface area contributed by atoms with Crippen molar-refractivity contribution in [3.8, 4) is 0 Å². The monoisotopic (exact) mass is 282 g/mol. The van der Waals surface area contributed by atoms with Crippen LogP contribution in [-0.2, 0) is 0 Å². The van der Waals surface area contributed by atoms with Crippen LogP contribution in [0.25, 0.3) is 5.65 Å². The van der Waals surface area contributed by atoms with E-state index < -0.39 is 0 Å². The lowest BCUT2D eigenvalue weighted by Crippen LogP contribution is -2.13. The Morgan fingerprint density at radius 3 is 2.86 bits per heavy atom. The van der Waals surface area contributed by atoms with Gasteiger partial charge in [0, 0.05) is 6.20 Å². The van der Waals surface area contributed by atoms with Gasteiger partial charge in [-0.15, -0.1) is 10.2 Å². The first-order chi connectivity index (χ1) is 10.2. The summed E-state index contributed by atoms with van der Waals surface area (Å²) in [5.74, 6) is 0. The van der Waals surface area contributed by atoms with Crippen LogP contribution in [0, 0.1) is 13.8 Å². The van der Waals surface area contributed by atoms with Gasteiger partial charge in [0.15, 0.2) is 0 Å². The summed E-state index contributed by atoms with van der Waals surface area (Å²) in [4.78, 5) is 4.51. The Hall–Kier alpha value is -2.50. The summed E-state index contributed by atoms with van der Waals surface area (Å²) in [6.45, 7) is 6.13. The molecule has 0 bridgehead atoms. The maximum atomic E-state index is 4.51. The van der Waals surface area contributed by atoms with E-state index in [0.717, 1.165) is 34.7 Å². The van der Waals surface area contributed by atoms with Crippen LogP contribution in [-0.4, -0.2) is 24.8 Å². The van der Waals surface area contributed by atoms with Crippen LogP contribution in [0.5, 0.6) is 0 Å². The number of hydrogen-bond donors (Lipinski definition) is 1. The van der Waals surface area contributed by atoms with Crippen LogP contribution in [0.1, 0.15) is 36.3 Å². The normalized spacial score (nSPS) is 12.5. The van der Waals surface area contributed by atoms with E-state index in [-0.39, 0.29) is 6.04 Å². The zero-order chi connectivity index (χ0) is 14.8. The molecule has 21 heavy (non-hydrogen) atoms. The minimum atomic E-state index is 0.132. The number of nitrogens with one attached hydrogen (secondary N) is 1. The Labute approximate surface area is 123 Å². The second kappa shape index (κ2) is 5.47. The first-order valence-electron chi connectivity index (χ1n) is 7.04. The van der Waals surface area contributed by atoms with Gasteiger partial charge in [0.05, 0.1) is 23.1 Å². The number of hydrogen-bond acceptors (Lipinski definition) is 5. The molecule has 108 valence electrons. The molecule has 0 aliphatic carbocycles. The van der Waals surface area contributed by atoms with Crippen LogP contribution in [0.4, 0.5) is 5.69 Å². The van der Waals surface area contributed by atoms with Gasteiger partial charge in [-0.25, -0.2) is 0 Å². The zero-order valence-electron chi connectivity index (χ0n) is 12.4. The van der Waals surface area contributed by atoms with E-state index in [2.05, 4.69) is 44.7 Å². The van der Waals surface area contributed by atoms with Gasteiger partial charge in [-0.3, -0.25) is 4.98 Å². The summed E-state index contributed by atoms with van der Waals surface area (Å²) in [6, 6.07) is 6.26. The first kappa shape index (κ1) is 13.5. The van der Waals surface area contributed by atoms with Crippen molar-refractivity contribution in [3.05, 3.63) is 47.7 Å². The molecule has 0 aliphatic rings. The topological polar surface area (TPSA) is 68.0 Å². The molecule has 3 rings (SSSR count). The standard InChI is InChI=1S/C15H18N6/c1-4-12(13-6-5-10(2)8-16-13)18-14-7-11(3)20-21-9-17-19-15(14)21/h5-9,12,18H,4H2,1-3H3. The third-order valence-corrected chi connectivity index (χ3v) is 3.42. The molecular weight excluding hydrogens is 264 g/mol. The molecule has 3 heterocycles. The van der Waals surface area contributed by atoms with Gasteiger partial charge in [0.25, 0.3) is 0 Å². The minimum absolute atomic E-state index is 0.132. The van der Waals surface area contributed by atoms with Crippen LogP contribution in [0.2, 0.25) is 0 Å². The lowest BCUT2D eigenvalue weighted by Gasteiger charge is -2.18. The van der Waals surface area contributed by atoms with E-state index in [1.807, 2.05) is 26.1 Å². The van der Waals surface area contributed by atoms with Crippen molar-refractivity contribution in [3.63, 3.8) is 0 Å². The second-order valence-corrected chi connectivity index (χ2v) is 5.16. The largest absolute Gasteiger partial charge is 0.374 e. The molecule has 6 heteroatoms. The number of anilines is 1. The van der Waals surface area contributed by atoms with Crippen LogP contribution in [0.3, 0.4) is 0 Å². The van der Waals surface area contributed by atoms with E-state index in [0.29, 0.717) is 0 Å². The van der Waals surface area contributed by atoms with E-state index in [9.17, 15) is 0 Å². The van der Waals surface area contributed by atoms with Crippen molar-refractivity contribution < 1.29 is 0 Å². The summed E-state index contributed by atoms with van der Waals surface area (Å²) in [5.41, 5.74) is 4.75. The van der Waals surface area contributed by atoms with Crippen molar-refractivity contribution in [1.82, 2.24) is 24.8 Å². The number of fused-ring (bicyclic) bond motifs is 1. The molecule has 1 unspecified atom stereocenters. The highest BCUT2D eigenvalue weighted by Gasteiger charge is 2.14. The van der Waals surface area contributed by atoms with Gasteiger partial charge in [0.2, 0.25) is 5.65 Å². The fraction of sp³-hybridized carbons (Fsp3) is 0.333. The van der Waals surface area contributed by atoms with E-state index in [1.165, 1.54) is 0 Å². The molecule has 0 saturated carbocycles. The Morgan fingerprint density at radius 1 is 1.29 bits per heavy atom. The highest BCUT2D eigenvalue weighted by Crippen LogP contribution is 2.23. The predicted molar refractivity (Wildman–Crippen MR) is 81.1 cm³/mol. The van der Waals surface area contributed by atoms with Gasteiger partial charge in [-0.1, -0.05) is 13.0 Å². The number of aryl methyl sites for hydroxylation is 2. The third kappa shape index (κ3) is 2.69. The molecule has 0 amide bonds. The third-order valence-electron chi connectivity index (χ3n) is 3.42. The van der Waals surface area contributed by atoms with Crippen molar-refractivity contribution >= 4 is 11.3 Å². The Morgan fingerprint density at radius 2 is 2.14 bits per heavy atom. The van der Waals surface area contributed by atoms with Crippen LogP contribution < -0.4 is 5.32 Å². The molecule has 0 radical (unpaired) electrons. The van der Waals surface area contributed by atoms with Gasteiger partial charge >= 0.3 is 0 Å². The Bertz CT molecular complexity index is 746. The number of rotatable bonds is 4. The molecule has 1 atom stereocenters. The molecule has 0 saturated heterocycles. The first-order valence-corrected chi connectivity index (χ1v) is 7.04. The van der Waals surface area contributed by atoms with E-state index in [4.69, 9.17) is 0 Å². The van der Waals surface area contributed by atoms with Crippen molar-refractivity contribution in [2.24, 2.45) is 0 Å². The maximum Gasteiger partial charge on any atom is 0.200 e. The lowest BCUT2D eigenvalue weighted by atomic mass is 10.1. The summed E-state index contributed by atoms with van der Waals surface area (Å²) in [6.07, 6.45) is 4.43. The van der Waals surface area contributed by atoms with Gasteiger partial charge in [-0.05, 0) is 38.0 Å². The lowest BCUT2D eigenvalue weighted by molar-refractivity contribution is 0.721. The second-order valence-electron chi connectivity index (χ2n) is 5.16. The summed E-state index contributed by atoms with van der Waals surface area (Å²) in [5, 5.41) is 15.9. The van der Waals surface area contributed by atoms with Gasteiger partial charge < -0.3 is 5.32 Å². The van der Waals surface area contributed by atoms with Gasteiger partial charge in [0.1, 0.15) is 6.33 Å². The molecule has 0 spiro atoms. The molecule has 6 nitrogen and oxygen atoms in total. The van der Waals surface area contributed by atoms with Crippen LogP contribution in [0.15, 0.2) is 30.7 Å². The smallest absolute Gasteiger partial charge is 0.200 e. The quantitative estimate of drug-likeness (QED) is 0.797. The fourth-order valence-electron chi connectivity index (χ4n) is 2.32. The van der Waals surface area contributed by atoms with E-state index >= 15 is 0 Å². The van der Waals surface area contributed by atoms with E-state index in [1.54, 1.807) is 10.8 Å². The van der Waals surface area contributed by atoms with Crippen LogP contribution >= 0.6 is 0 Å². The predicted octanol–water partition coefficient (Wildman–Crippen LogP) is 2.70. The average molecular weight is 282 g/mol. The molecule has 0 aliphatic heterocycles. The minimum Gasteiger partial charge on any atom is -0.374 e. The maximum absolute atomic E-state index is 4.51. The molecule has 3 aromatic heterocycles.